The Bertz CT molecular complexity index is 269. The highest BCUT2D eigenvalue weighted by Gasteiger charge is 2.37. The number of ether oxygens (including phenoxy) is 1. The van der Waals surface area contributed by atoms with E-state index in [1.165, 1.54) is 0 Å². The van der Waals surface area contributed by atoms with Crippen molar-refractivity contribution in [1.82, 2.24) is 4.90 Å². The normalized spacial score (nSPS) is 29.9. The van der Waals surface area contributed by atoms with Gasteiger partial charge in [0.15, 0.2) is 0 Å². The molecule has 0 aliphatic carbocycles. The van der Waals surface area contributed by atoms with Crippen molar-refractivity contribution < 1.29 is 14.6 Å². The second-order valence-corrected chi connectivity index (χ2v) is 5.35. The minimum absolute atomic E-state index is 0.202. The lowest BCUT2D eigenvalue weighted by atomic mass is 9.86. The molecule has 3 atom stereocenters. The van der Waals surface area contributed by atoms with Gasteiger partial charge >= 0.3 is 5.97 Å². The second kappa shape index (κ2) is 5.83. The van der Waals surface area contributed by atoms with E-state index in [0.29, 0.717) is 19.0 Å². The molecule has 4 heteroatoms. The smallest absolute Gasteiger partial charge is 0.310 e. The molecule has 0 aromatic rings. The van der Waals surface area contributed by atoms with Crippen LogP contribution in [0, 0.1) is 5.41 Å². The van der Waals surface area contributed by atoms with Gasteiger partial charge in [-0.1, -0.05) is 13.8 Å². The summed E-state index contributed by atoms with van der Waals surface area (Å²) in [5.41, 5.74) is -0.648. The maximum Gasteiger partial charge on any atom is 0.310 e. The zero-order chi connectivity index (χ0) is 13.1. The molecule has 1 heterocycles. The van der Waals surface area contributed by atoms with Crippen molar-refractivity contribution in [3.63, 3.8) is 0 Å². The molecule has 0 spiro atoms. The van der Waals surface area contributed by atoms with Crippen LogP contribution in [0.25, 0.3) is 0 Å². The first-order chi connectivity index (χ1) is 7.92. The predicted molar refractivity (Wildman–Crippen MR) is 67.1 cm³/mol. The summed E-state index contributed by atoms with van der Waals surface area (Å²) >= 11 is 0. The zero-order valence-corrected chi connectivity index (χ0v) is 11.4. The van der Waals surface area contributed by atoms with Gasteiger partial charge in [0.25, 0.3) is 0 Å². The standard InChI is InChI=1S/C13H25NO3/c1-5-11-8-17-10(3)7-14(11)9-13(4,6-2)12(15)16/h10-11H,5-9H2,1-4H3,(H,15,16). The van der Waals surface area contributed by atoms with Gasteiger partial charge in [-0.2, -0.15) is 0 Å². The molecule has 0 aromatic heterocycles. The van der Waals surface area contributed by atoms with E-state index in [2.05, 4.69) is 11.8 Å². The van der Waals surface area contributed by atoms with Crippen LogP contribution in [0.2, 0.25) is 0 Å². The van der Waals surface area contributed by atoms with E-state index >= 15 is 0 Å². The van der Waals surface area contributed by atoms with Crippen molar-refractivity contribution in [3.8, 4) is 0 Å². The van der Waals surface area contributed by atoms with Gasteiger partial charge in [-0.25, -0.2) is 0 Å². The highest BCUT2D eigenvalue weighted by molar-refractivity contribution is 5.74. The Labute approximate surface area is 104 Å². The molecule has 1 fully saturated rings. The zero-order valence-electron chi connectivity index (χ0n) is 11.4. The van der Waals surface area contributed by atoms with Crippen LogP contribution in [-0.2, 0) is 9.53 Å². The monoisotopic (exact) mass is 243 g/mol. The molecule has 1 aliphatic rings. The Morgan fingerprint density at radius 3 is 2.65 bits per heavy atom. The highest BCUT2D eigenvalue weighted by atomic mass is 16.5. The SMILES string of the molecule is CCC1COC(C)CN1CC(C)(CC)C(=O)O. The first-order valence-corrected chi connectivity index (χ1v) is 6.52. The third-order valence-electron chi connectivity index (χ3n) is 3.90. The van der Waals surface area contributed by atoms with Gasteiger partial charge in [0, 0.05) is 19.1 Å². The first kappa shape index (κ1) is 14.5. The molecule has 0 radical (unpaired) electrons. The molecule has 0 amide bonds. The van der Waals surface area contributed by atoms with E-state index < -0.39 is 11.4 Å². The summed E-state index contributed by atoms with van der Waals surface area (Å²) in [6, 6.07) is 0.358. The highest BCUT2D eigenvalue weighted by Crippen LogP contribution is 2.26. The van der Waals surface area contributed by atoms with Gasteiger partial charge in [0.2, 0.25) is 0 Å². The topological polar surface area (TPSA) is 49.8 Å². The summed E-state index contributed by atoms with van der Waals surface area (Å²) in [4.78, 5) is 13.6. The summed E-state index contributed by atoms with van der Waals surface area (Å²) in [6.45, 7) is 10.1. The number of carboxylic acid groups (broad SMARTS) is 1. The summed E-state index contributed by atoms with van der Waals surface area (Å²) in [6.07, 6.45) is 1.86. The lowest BCUT2D eigenvalue weighted by molar-refractivity contribution is -0.152. The molecule has 17 heavy (non-hydrogen) atoms. The number of morpholine rings is 1. The lowest BCUT2D eigenvalue weighted by Gasteiger charge is -2.41. The van der Waals surface area contributed by atoms with E-state index in [1.54, 1.807) is 0 Å². The number of carboxylic acids is 1. The number of hydrogen-bond acceptors (Lipinski definition) is 3. The number of nitrogens with zero attached hydrogens (tertiary/aromatic N) is 1. The van der Waals surface area contributed by atoms with Gasteiger partial charge in [-0.05, 0) is 26.7 Å². The molecule has 0 saturated carbocycles. The Kier molecular flexibility index (Phi) is 4.95. The fraction of sp³-hybridized carbons (Fsp3) is 0.923. The van der Waals surface area contributed by atoms with Crippen LogP contribution >= 0.6 is 0 Å². The van der Waals surface area contributed by atoms with Gasteiger partial charge in [0.05, 0.1) is 18.1 Å². The van der Waals surface area contributed by atoms with Crippen molar-refractivity contribution in [3.05, 3.63) is 0 Å². The number of aliphatic carboxylic acids is 1. The fourth-order valence-corrected chi connectivity index (χ4v) is 2.26. The van der Waals surface area contributed by atoms with E-state index in [4.69, 9.17) is 4.74 Å². The number of carbonyl (C=O) groups is 1. The fourth-order valence-electron chi connectivity index (χ4n) is 2.26. The van der Waals surface area contributed by atoms with E-state index in [-0.39, 0.29) is 6.10 Å². The van der Waals surface area contributed by atoms with Crippen molar-refractivity contribution in [1.29, 1.82) is 0 Å². The molecular formula is C13H25NO3. The summed E-state index contributed by atoms with van der Waals surface area (Å²) in [5, 5.41) is 9.33. The number of rotatable bonds is 5. The van der Waals surface area contributed by atoms with Crippen LogP contribution in [0.1, 0.15) is 40.5 Å². The molecule has 1 saturated heterocycles. The average molecular weight is 243 g/mol. The van der Waals surface area contributed by atoms with Crippen molar-refractivity contribution in [2.24, 2.45) is 5.41 Å². The van der Waals surface area contributed by atoms with Gasteiger partial charge < -0.3 is 9.84 Å². The van der Waals surface area contributed by atoms with Gasteiger partial charge in [-0.3, -0.25) is 9.69 Å². The average Bonchev–Trinajstić information content (AvgIpc) is 2.29. The van der Waals surface area contributed by atoms with Crippen molar-refractivity contribution in [2.75, 3.05) is 19.7 Å². The minimum Gasteiger partial charge on any atom is -0.481 e. The van der Waals surface area contributed by atoms with E-state index in [9.17, 15) is 9.90 Å². The van der Waals surface area contributed by atoms with Crippen LogP contribution in [0.3, 0.4) is 0 Å². The molecule has 1 N–H and O–H groups in total. The summed E-state index contributed by atoms with van der Waals surface area (Å²) in [5.74, 6) is -0.700. The Morgan fingerprint density at radius 1 is 1.53 bits per heavy atom. The van der Waals surface area contributed by atoms with Crippen LogP contribution < -0.4 is 0 Å². The Hall–Kier alpha value is -0.610. The molecule has 4 nitrogen and oxygen atoms in total. The van der Waals surface area contributed by atoms with Crippen molar-refractivity contribution in [2.45, 2.75) is 52.7 Å². The van der Waals surface area contributed by atoms with Gasteiger partial charge in [-0.15, -0.1) is 0 Å². The third-order valence-corrected chi connectivity index (χ3v) is 3.90. The molecule has 3 unspecified atom stereocenters. The Morgan fingerprint density at radius 2 is 2.18 bits per heavy atom. The molecular weight excluding hydrogens is 218 g/mol. The molecule has 0 aromatic carbocycles. The van der Waals surface area contributed by atoms with Gasteiger partial charge in [0.1, 0.15) is 0 Å². The lowest BCUT2D eigenvalue weighted by Crippen LogP contribution is -2.53. The molecule has 100 valence electrons. The van der Waals surface area contributed by atoms with Crippen LogP contribution in [-0.4, -0.2) is 47.8 Å². The predicted octanol–water partition coefficient (Wildman–Crippen LogP) is 1.99. The Balaban J connectivity index is 2.72. The molecule has 1 aliphatic heterocycles. The van der Waals surface area contributed by atoms with Crippen molar-refractivity contribution >= 4 is 5.97 Å². The van der Waals surface area contributed by atoms with Crippen LogP contribution in [0.15, 0.2) is 0 Å². The van der Waals surface area contributed by atoms with E-state index in [0.717, 1.165) is 19.6 Å². The first-order valence-electron chi connectivity index (χ1n) is 6.52. The number of hydrogen-bond donors (Lipinski definition) is 1. The van der Waals surface area contributed by atoms with E-state index in [1.807, 2.05) is 20.8 Å². The maximum absolute atomic E-state index is 11.3. The summed E-state index contributed by atoms with van der Waals surface area (Å²) < 4.78 is 5.63. The maximum atomic E-state index is 11.3. The van der Waals surface area contributed by atoms with Crippen LogP contribution in [0.4, 0.5) is 0 Å². The largest absolute Gasteiger partial charge is 0.481 e. The van der Waals surface area contributed by atoms with Crippen LogP contribution in [0.5, 0.6) is 0 Å². The third kappa shape index (κ3) is 3.42. The minimum atomic E-state index is -0.700. The molecule has 0 bridgehead atoms. The molecule has 1 rings (SSSR count). The quantitative estimate of drug-likeness (QED) is 0.802. The summed E-state index contributed by atoms with van der Waals surface area (Å²) in [7, 11) is 0. The second-order valence-electron chi connectivity index (χ2n) is 5.35.